The summed E-state index contributed by atoms with van der Waals surface area (Å²) in [5.74, 6) is 1.18. The molecule has 0 aliphatic carbocycles. The molecule has 6 heteroatoms. The molecule has 0 saturated carbocycles. The average molecular weight is 292 g/mol. The minimum atomic E-state index is -0.327. The zero-order valence-corrected chi connectivity index (χ0v) is 13.0. The van der Waals surface area contributed by atoms with Crippen molar-refractivity contribution in [3.05, 3.63) is 28.2 Å². The molecule has 0 bridgehead atoms. The van der Waals surface area contributed by atoms with Crippen LogP contribution >= 0.6 is 11.3 Å². The topological polar surface area (TPSA) is 73.1 Å². The first-order chi connectivity index (χ1) is 9.33. The van der Waals surface area contributed by atoms with Gasteiger partial charge in [0, 0.05) is 11.1 Å². The average Bonchev–Trinajstić information content (AvgIpc) is 2.74. The van der Waals surface area contributed by atoms with Gasteiger partial charge < -0.3 is 15.8 Å². The van der Waals surface area contributed by atoms with Crippen molar-refractivity contribution in [2.75, 3.05) is 11.1 Å². The van der Waals surface area contributed by atoms with Gasteiger partial charge in [-0.05, 0) is 39.8 Å². The second-order valence-corrected chi connectivity index (χ2v) is 6.84. The molecule has 0 aliphatic heterocycles. The molecular weight excluding hydrogens is 272 g/mol. The molecule has 3 N–H and O–H groups in total. The summed E-state index contributed by atoms with van der Waals surface area (Å²) in [4.78, 5) is 9.90. The fraction of sp³-hybridized carbons (Fsp3) is 0.429. The summed E-state index contributed by atoms with van der Waals surface area (Å²) in [5.41, 5.74) is 6.09. The molecule has 0 amide bonds. The van der Waals surface area contributed by atoms with Gasteiger partial charge >= 0.3 is 0 Å². The van der Waals surface area contributed by atoms with E-state index in [0.29, 0.717) is 18.1 Å². The third kappa shape index (κ3) is 4.09. The van der Waals surface area contributed by atoms with Crippen molar-refractivity contribution in [3.63, 3.8) is 0 Å². The molecule has 0 saturated heterocycles. The van der Waals surface area contributed by atoms with Gasteiger partial charge in [0.1, 0.15) is 16.4 Å². The molecule has 2 aromatic rings. The van der Waals surface area contributed by atoms with E-state index in [1.54, 1.807) is 17.4 Å². The summed E-state index contributed by atoms with van der Waals surface area (Å²) >= 11 is 1.67. The summed E-state index contributed by atoms with van der Waals surface area (Å²) in [6, 6.07) is 3.63. The predicted octanol–water partition coefficient (Wildman–Crippen LogP) is 3.22. The molecule has 0 aromatic carbocycles. The maximum Gasteiger partial charge on any atom is 0.239 e. The number of aromatic nitrogens is 2. The Kier molecular flexibility index (Phi) is 4.13. The van der Waals surface area contributed by atoms with E-state index >= 15 is 0 Å². The number of pyridine rings is 1. The van der Waals surface area contributed by atoms with Gasteiger partial charge in [-0.3, -0.25) is 0 Å². The highest BCUT2D eigenvalue weighted by molar-refractivity contribution is 7.11. The molecule has 0 atom stereocenters. The van der Waals surface area contributed by atoms with Crippen molar-refractivity contribution in [1.29, 1.82) is 0 Å². The lowest BCUT2D eigenvalue weighted by Gasteiger charge is -2.21. The maximum absolute atomic E-state index is 5.88. The van der Waals surface area contributed by atoms with Gasteiger partial charge in [0.2, 0.25) is 5.88 Å². The van der Waals surface area contributed by atoms with Crippen LogP contribution in [0.2, 0.25) is 0 Å². The Morgan fingerprint density at radius 1 is 1.35 bits per heavy atom. The Bertz CT molecular complexity index is 589. The molecular formula is C14H20N4OS. The lowest BCUT2D eigenvalue weighted by atomic mass is 10.2. The minimum Gasteiger partial charge on any atom is -0.470 e. The van der Waals surface area contributed by atoms with Crippen LogP contribution in [0.25, 0.3) is 0 Å². The van der Waals surface area contributed by atoms with E-state index in [1.807, 2.05) is 40.0 Å². The van der Waals surface area contributed by atoms with E-state index in [9.17, 15) is 0 Å². The molecule has 5 nitrogen and oxygen atoms in total. The van der Waals surface area contributed by atoms with E-state index in [0.717, 1.165) is 10.8 Å². The van der Waals surface area contributed by atoms with Gasteiger partial charge in [-0.1, -0.05) is 0 Å². The number of thiazole rings is 1. The van der Waals surface area contributed by atoms with Crippen LogP contribution in [-0.2, 0) is 6.54 Å². The van der Waals surface area contributed by atoms with Crippen molar-refractivity contribution in [2.24, 2.45) is 0 Å². The van der Waals surface area contributed by atoms with Crippen LogP contribution < -0.4 is 15.8 Å². The smallest absolute Gasteiger partial charge is 0.239 e. The van der Waals surface area contributed by atoms with Gasteiger partial charge in [-0.15, -0.1) is 11.3 Å². The first kappa shape index (κ1) is 14.6. The van der Waals surface area contributed by atoms with Crippen molar-refractivity contribution >= 4 is 22.8 Å². The monoisotopic (exact) mass is 292 g/mol. The predicted molar refractivity (Wildman–Crippen MR) is 83.2 cm³/mol. The standard InChI is InChI=1S/C14H20N4OS/c1-9-7-17-12(20-9)8-16-11-6-5-10(15)13(18-11)19-14(2,3)4/h5-7H,8,15H2,1-4H3,(H,16,18). The first-order valence-corrected chi connectivity index (χ1v) is 7.26. The minimum absolute atomic E-state index is 0.327. The summed E-state index contributed by atoms with van der Waals surface area (Å²) in [6.07, 6.45) is 1.87. The number of aryl methyl sites for hydroxylation is 1. The van der Waals surface area contributed by atoms with E-state index in [1.165, 1.54) is 4.88 Å². The van der Waals surface area contributed by atoms with Gasteiger partial charge in [-0.2, -0.15) is 4.98 Å². The fourth-order valence-electron chi connectivity index (χ4n) is 1.57. The molecule has 0 radical (unpaired) electrons. The number of nitrogens with two attached hydrogens (primary N) is 1. The van der Waals surface area contributed by atoms with Crippen molar-refractivity contribution in [2.45, 2.75) is 39.8 Å². The normalized spacial score (nSPS) is 11.4. The SMILES string of the molecule is Cc1cnc(CNc2ccc(N)c(OC(C)(C)C)n2)s1. The third-order valence-corrected chi connectivity index (χ3v) is 3.30. The Morgan fingerprint density at radius 2 is 2.10 bits per heavy atom. The third-order valence-electron chi connectivity index (χ3n) is 2.38. The lowest BCUT2D eigenvalue weighted by Crippen LogP contribution is -2.24. The van der Waals surface area contributed by atoms with Crippen LogP contribution in [0, 0.1) is 6.92 Å². The number of nitrogen functional groups attached to an aromatic ring is 1. The molecule has 2 rings (SSSR count). The lowest BCUT2D eigenvalue weighted by molar-refractivity contribution is 0.125. The van der Waals surface area contributed by atoms with E-state index in [-0.39, 0.29) is 5.60 Å². The van der Waals surface area contributed by atoms with Gasteiger partial charge in [-0.25, -0.2) is 4.98 Å². The first-order valence-electron chi connectivity index (χ1n) is 6.44. The van der Waals surface area contributed by atoms with Crippen molar-refractivity contribution in [1.82, 2.24) is 9.97 Å². The van der Waals surface area contributed by atoms with Crippen LogP contribution in [0.3, 0.4) is 0 Å². The number of ether oxygens (including phenoxy) is 1. The van der Waals surface area contributed by atoms with Crippen LogP contribution in [0.5, 0.6) is 5.88 Å². The Balaban J connectivity index is 2.07. The second kappa shape index (κ2) is 5.66. The molecule has 0 aliphatic rings. The summed E-state index contributed by atoms with van der Waals surface area (Å²) in [5, 5.41) is 4.26. The van der Waals surface area contributed by atoms with Crippen LogP contribution in [0.1, 0.15) is 30.7 Å². The Hall–Kier alpha value is -1.82. The summed E-state index contributed by atoms with van der Waals surface area (Å²) < 4.78 is 5.74. The molecule has 0 unspecified atom stereocenters. The zero-order valence-electron chi connectivity index (χ0n) is 12.2. The summed E-state index contributed by atoms with van der Waals surface area (Å²) in [7, 11) is 0. The van der Waals surface area contributed by atoms with Crippen molar-refractivity contribution < 1.29 is 4.74 Å². The number of nitrogens with zero attached hydrogens (tertiary/aromatic N) is 2. The largest absolute Gasteiger partial charge is 0.470 e. The fourth-order valence-corrected chi connectivity index (χ4v) is 2.30. The molecule has 2 aromatic heterocycles. The molecule has 20 heavy (non-hydrogen) atoms. The maximum atomic E-state index is 5.88. The molecule has 0 fully saturated rings. The van der Waals surface area contributed by atoms with Crippen LogP contribution in [-0.4, -0.2) is 15.6 Å². The number of hydrogen-bond donors (Lipinski definition) is 2. The number of nitrogens with one attached hydrogen (secondary N) is 1. The van der Waals surface area contributed by atoms with Crippen LogP contribution in [0.4, 0.5) is 11.5 Å². The van der Waals surface area contributed by atoms with E-state index in [4.69, 9.17) is 10.5 Å². The molecule has 0 spiro atoms. The van der Waals surface area contributed by atoms with Gasteiger partial charge in [0.05, 0.1) is 12.2 Å². The van der Waals surface area contributed by atoms with Gasteiger partial charge in [0.25, 0.3) is 0 Å². The van der Waals surface area contributed by atoms with E-state index in [2.05, 4.69) is 15.3 Å². The Labute approximate surface area is 123 Å². The molecule has 2 heterocycles. The highest BCUT2D eigenvalue weighted by Gasteiger charge is 2.15. The van der Waals surface area contributed by atoms with Crippen molar-refractivity contribution in [3.8, 4) is 5.88 Å². The number of rotatable bonds is 4. The number of hydrogen-bond acceptors (Lipinski definition) is 6. The Morgan fingerprint density at radius 3 is 2.70 bits per heavy atom. The quantitative estimate of drug-likeness (QED) is 0.905. The van der Waals surface area contributed by atoms with Gasteiger partial charge in [0.15, 0.2) is 0 Å². The number of anilines is 2. The summed E-state index contributed by atoms with van der Waals surface area (Å²) in [6.45, 7) is 8.58. The van der Waals surface area contributed by atoms with Crippen LogP contribution in [0.15, 0.2) is 18.3 Å². The second-order valence-electron chi connectivity index (χ2n) is 5.52. The highest BCUT2D eigenvalue weighted by atomic mass is 32.1. The highest BCUT2D eigenvalue weighted by Crippen LogP contribution is 2.25. The molecule has 108 valence electrons. The zero-order chi connectivity index (χ0) is 14.8. The van der Waals surface area contributed by atoms with E-state index < -0.39 is 0 Å².